The van der Waals surface area contributed by atoms with Gasteiger partial charge in [0.15, 0.2) is 0 Å². The number of anilines is 1. The van der Waals surface area contributed by atoms with Crippen LogP contribution in [0.25, 0.3) is 0 Å². The minimum absolute atomic E-state index is 0.0109. The summed E-state index contributed by atoms with van der Waals surface area (Å²) < 4.78 is 0. The average Bonchev–Trinajstić information content (AvgIpc) is 2.84. The Labute approximate surface area is 119 Å². The van der Waals surface area contributed by atoms with Crippen LogP contribution >= 0.6 is 0 Å². The van der Waals surface area contributed by atoms with Crippen LogP contribution < -0.4 is 10.6 Å². The summed E-state index contributed by atoms with van der Waals surface area (Å²) in [5.41, 5.74) is 1.24. The highest BCUT2D eigenvalue weighted by Gasteiger charge is 2.29. The molecule has 20 heavy (non-hydrogen) atoms. The third-order valence-corrected chi connectivity index (χ3v) is 3.64. The summed E-state index contributed by atoms with van der Waals surface area (Å²) in [4.78, 5) is 25.6. The van der Waals surface area contributed by atoms with Crippen molar-refractivity contribution in [3.05, 3.63) is 29.8 Å². The molecule has 2 atom stereocenters. The molecule has 0 bridgehead atoms. The molecule has 2 rings (SSSR count). The first-order chi connectivity index (χ1) is 9.49. The SMILES string of the molecule is CC1CNCC1C(=O)Nc1cccc(C(=O)N(C)C)c1. The van der Waals surface area contributed by atoms with Crippen molar-refractivity contribution in [3.63, 3.8) is 0 Å². The van der Waals surface area contributed by atoms with Gasteiger partial charge in [-0.05, 0) is 30.7 Å². The third-order valence-electron chi connectivity index (χ3n) is 3.64. The number of carbonyl (C=O) groups excluding carboxylic acids is 2. The summed E-state index contributed by atoms with van der Waals surface area (Å²) in [5, 5.41) is 6.11. The smallest absolute Gasteiger partial charge is 0.253 e. The molecule has 0 aromatic heterocycles. The molecule has 1 heterocycles. The molecule has 0 aliphatic carbocycles. The van der Waals surface area contributed by atoms with Crippen molar-refractivity contribution >= 4 is 17.5 Å². The minimum Gasteiger partial charge on any atom is -0.345 e. The van der Waals surface area contributed by atoms with E-state index in [1.54, 1.807) is 38.4 Å². The molecule has 0 saturated carbocycles. The van der Waals surface area contributed by atoms with Gasteiger partial charge in [-0.3, -0.25) is 9.59 Å². The second-order valence-electron chi connectivity index (χ2n) is 5.51. The van der Waals surface area contributed by atoms with Gasteiger partial charge in [-0.25, -0.2) is 0 Å². The Morgan fingerprint density at radius 2 is 2.05 bits per heavy atom. The maximum atomic E-state index is 12.2. The Bertz CT molecular complexity index is 514. The monoisotopic (exact) mass is 275 g/mol. The number of hydrogen-bond donors (Lipinski definition) is 2. The summed E-state index contributed by atoms with van der Waals surface area (Å²) >= 11 is 0. The van der Waals surface area contributed by atoms with Gasteiger partial charge in [-0.2, -0.15) is 0 Å². The molecular weight excluding hydrogens is 254 g/mol. The summed E-state index contributed by atoms with van der Waals surface area (Å²) in [7, 11) is 3.42. The molecule has 1 aliphatic rings. The third kappa shape index (κ3) is 3.17. The summed E-state index contributed by atoms with van der Waals surface area (Å²) in [6.07, 6.45) is 0. The highest BCUT2D eigenvalue weighted by Crippen LogP contribution is 2.19. The summed E-state index contributed by atoms with van der Waals surface area (Å²) in [6.45, 7) is 3.65. The van der Waals surface area contributed by atoms with Crippen LogP contribution in [0.15, 0.2) is 24.3 Å². The van der Waals surface area contributed by atoms with Gasteiger partial charge in [-0.1, -0.05) is 13.0 Å². The van der Waals surface area contributed by atoms with Crippen molar-refractivity contribution in [2.45, 2.75) is 6.92 Å². The number of rotatable bonds is 3. The number of benzene rings is 1. The van der Waals surface area contributed by atoms with E-state index < -0.39 is 0 Å². The largest absolute Gasteiger partial charge is 0.345 e. The molecule has 5 nitrogen and oxygen atoms in total. The van der Waals surface area contributed by atoms with Gasteiger partial charge in [0.05, 0.1) is 5.92 Å². The molecule has 0 spiro atoms. The summed E-state index contributed by atoms with van der Waals surface area (Å²) in [5.74, 6) is 0.263. The van der Waals surface area contributed by atoms with Crippen molar-refractivity contribution in [2.24, 2.45) is 11.8 Å². The fourth-order valence-corrected chi connectivity index (χ4v) is 2.38. The number of hydrogen-bond acceptors (Lipinski definition) is 3. The first-order valence-corrected chi connectivity index (χ1v) is 6.82. The van der Waals surface area contributed by atoms with Crippen molar-refractivity contribution in [1.82, 2.24) is 10.2 Å². The Morgan fingerprint density at radius 1 is 1.30 bits per heavy atom. The van der Waals surface area contributed by atoms with Gasteiger partial charge >= 0.3 is 0 Å². The van der Waals surface area contributed by atoms with Gasteiger partial charge in [0.2, 0.25) is 5.91 Å². The van der Waals surface area contributed by atoms with Crippen molar-refractivity contribution in [1.29, 1.82) is 0 Å². The molecule has 108 valence electrons. The van der Waals surface area contributed by atoms with Crippen molar-refractivity contribution < 1.29 is 9.59 Å². The van der Waals surface area contributed by atoms with E-state index in [4.69, 9.17) is 0 Å². The fraction of sp³-hybridized carbons (Fsp3) is 0.467. The zero-order valence-corrected chi connectivity index (χ0v) is 12.1. The van der Waals surface area contributed by atoms with Crippen LogP contribution in [-0.4, -0.2) is 43.9 Å². The molecule has 2 unspecified atom stereocenters. The predicted molar refractivity (Wildman–Crippen MR) is 78.6 cm³/mol. The zero-order chi connectivity index (χ0) is 14.7. The van der Waals surface area contributed by atoms with Crippen LogP contribution in [0.3, 0.4) is 0 Å². The average molecular weight is 275 g/mol. The Hall–Kier alpha value is -1.88. The lowest BCUT2D eigenvalue weighted by molar-refractivity contribution is -0.120. The number of nitrogens with zero attached hydrogens (tertiary/aromatic N) is 1. The van der Waals surface area contributed by atoms with Crippen molar-refractivity contribution in [3.8, 4) is 0 Å². The van der Waals surface area contributed by atoms with Gasteiger partial charge in [0.25, 0.3) is 5.91 Å². The Morgan fingerprint density at radius 3 is 2.65 bits per heavy atom. The Balaban J connectivity index is 2.08. The van der Waals surface area contributed by atoms with Crippen LogP contribution in [0.4, 0.5) is 5.69 Å². The van der Waals surface area contributed by atoms with Crippen LogP contribution in [0.1, 0.15) is 17.3 Å². The number of carbonyl (C=O) groups is 2. The highest BCUT2D eigenvalue weighted by atomic mass is 16.2. The van der Waals surface area contributed by atoms with Crippen LogP contribution in [0.2, 0.25) is 0 Å². The van der Waals surface area contributed by atoms with Crippen LogP contribution in [-0.2, 0) is 4.79 Å². The normalized spacial score (nSPS) is 21.6. The molecule has 1 aromatic carbocycles. The molecule has 1 saturated heterocycles. The molecular formula is C15H21N3O2. The first-order valence-electron chi connectivity index (χ1n) is 6.82. The van der Waals surface area contributed by atoms with E-state index in [2.05, 4.69) is 17.6 Å². The molecule has 0 radical (unpaired) electrons. The minimum atomic E-state index is -0.0722. The van der Waals surface area contributed by atoms with E-state index in [9.17, 15) is 9.59 Å². The quantitative estimate of drug-likeness (QED) is 0.871. The lowest BCUT2D eigenvalue weighted by Crippen LogP contribution is -2.28. The standard InChI is InChI=1S/C15H21N3O2/c1-10-8-16-9-13(10)14(19)17-12-6-4-5-11(7-12)15(20)18(2)3/h4-7,10,13,16H,8-9H2,1-3H3,(H,17,19). The van der Waals surface area contributed by atoms with Gasteiger partial charge < -0.3 is 15.5 Å². The van der Waals surface area contributed by atoms with Gasteiger partial charge in [0, 0.05) is 31.9 Å². The van der Waals surface area contributed by atoms with Gasteiger partial charge in [-0.15, -0.1) is 0 Å². The second kappa shape index (κ2) is 6.05. The summed E-state index contributed by atoms with van der Waals surface area (Å²) in [6, 6.07) is 7.05. The van der Waals surface area contributed by atoms with Crippen LogP contribution in [0.5, 0.6) is 0 Å². The topological polar surface area (TPSA) is 61.4 Å². The maximum Gasteiger partial charge on any atom is 0.253 e. The van der Waals surface area contributed by atoms with Crippen molar-refractivity contribution in [2.75, 3.05) is 32.5 Å². The lowest BCUT2D eigenvalue weighted by Gasteiger charge is -2.15. The zero-order valence-electron chi connectivity index (χ0n) is 12.1. The van der Waals surface area contributed by atoms with Gasteiger partial charge in [0.1, 0.15) is 0 Å². The highest BCUT2D eigenvalue weighted by molar-refractivity contribution is 5.97. The predicted octanol–water partition coefficient (Wildman–Crippen LogP) is 1.18. The maximum absolute atomic E-state index is 12.2. The lowest BCUT2D eigenvalue weighted by atomic mass is 9.97. The van der Waals surface area contributed by atoms with E-state index in [1.165, 1.54) is 4.90 Å². The van der Waals surface area contributed by atoms with Crippen LogP contribution in [0, 0.1) is 11.8 Å². The molecule has 1 fully saturated rings. The fourth-order valence-electron chi connectivity index (χ4n) is 2.38. The van der Waals surface area contributed by atoms with E-state index >= 15 is 0 Å². The molecule has 5 heteroatoms. The molecule has 1 aromatic rings. The van der Waals surface area contributed by atoms with E-state index in [1.807, 2.05) is 0 Å². The number of amides is 2. The molecule has 2 amide bonds. The second-order valence-corrected chi connectivity index (χ2v) is 5.51. The van der Waals surface area contributed by atoms with E-state index in [0.29, 0.717) is 23.7 Å². The number of nitrogens with one attached hydrogen (secondary N) is 2. The Kier molecular flexibility index (Phi) is 4.39. The van der Waals surface area contributed by atoms with E-state index in [-0.39, 0.29) is 17.7 Å². The van der Waals surface area contributed by atoms with E-state index in [0.717, 1.165) is 6.54 Å². The molecule has 2 N–H and O–H groups in total. The molecule has 1 aliphatic heterocycles. The first kappa shape index (κ1) is 14.5.